The van der Waals surface area contributed by atoms with E-state index in [4.69, 9.17) is 9.26 Å². The standard InChI is InChI=1S/C19H13BrFN3O4S/c1-27-18-8-15(20)16(21)7-14(18)19-13-3-2-12(6-17(13)22-10-23-19)29(25,26)9-11-4-5-28-24-11/h2-8,10H,9H2,1H3. The predicted octanol–water partition coefficient (Wildman–Crippen LogP) is 4.17. The van der Waals surface area contributed by atoms with E-state index in [0.29, 0.717) is 33.6 Å². The topological polar surface area (TPSA) is 95.2 Å². The molecule has 4 aromatic rings. The second-order valence-electron chi connectivity index (χ2n) is 6.12. The Hall–Kier alpha value is -2.85. The van der Waals surface area contributed by atoms with Crippen molar-refractivity contribution >= 4 is 36.7 Å². The van der Waals surface area contributed by atoms with E-state index in [-0.39, 0.29) is 15.1 Å². The molecule has 7 nitrogen and oxygen atoms in total. The first-order valence-corrected chi connectivity index (χ1v) is 10.7. The molecule has 0 amide bonds. The fourth-order valence-corrected chi connectivity index (χ4v) is 4.51. The van der Waals surface area contributed by atoms with Crippen molar-refractivity contribution in [2.75, 3.05) is 7.11 Å². The molecule has 29 heavy (non-hydrogen) atoms. The highest BCUT2D eigenvalue weighted by Gasteiger charge is 2.20. The van der Waals surface area contributed by atoms with Crippen LogP contribution in [0.3, 0.4) is 0 Å². The molecular weight excluding hydrogens is 465 g/mol. The highest BCUT2D eigenvalue weighted by Crippen LogP contribution is 2.36. The Kier molecular flexibility index (Phi) is 5.05. The summed E-state index contributed by atoms with van der Waals surface area (Å²) >= 11 is 3.13. The summed E-state index contributed by atoms with van der Waals surface area (Å²) in [6.07, 6.45) is 2.61. The molecule has 2 heterocycles. The fourth-order valence-electron chi connectivity index (χ4n) is 2.92. The lowest BCUT2D eigenvalue weighted by Gasteiger charge is -2.12. The number of sulfone groups is 1. The van der Waals surface area contributed by atoms with Crippen molar-refractivity contribution in [3.05, 3.63) is 65.0 Å². The van der Waals surface area contributed by atoms with Crippen LogP contribution >= 0.6 is 15.9 Å². The Morgan fingerprint density at radius 3 is 2.72 bits per heavy atom. The average molecular weight is 478 g/mol. The number of rotatable bonds is 5. The number of methoxy groups -OCH3 is 1. The third-order valence-electron chi connectivity index (χ3n) is 4.29. The molecule has 0 saturated heterocycles. The van der Waals surface area contributed by atoms with Gasteiger partial charge < -0.3 is 9.26 Å². The molecule has 148 valence electrons. The number of ether oxygens (including phenoxy) is 1. The smallest absolute Gasteiger partial charge is 0.184 e. The van der Waals surface area contributed by atoms with Gasteiger partial charge in [-0.1, -0.05) is 5.16 Å². The lowest BCUT2D eigenvalue weighted by atomic mass is 10.1. The molecule has 0 saturated carbocycles. The van der Waals surface area contributed by atoms with E-state index in [2.05, 4.69) is 31.1 Å². The predicted molar refractivity (Wildman–Crippen MR) is 107 cm³/mol. The summed E-state index contributed by atoms with van der Waals surface area (Å²) < 4.78 is 49.8. The van der Waals surface area contributed by atoms with Gasteiger partial charge in [0.05, 0.1) is 33.4 Å². The van der Waals surface area contributed by atoms with Gasteiger partial charge in [0.1, 0.15) is 29.9 Å². The molecule has 0 atom stereocenters. The maximum atomic E-state index is 14.1. The van der Waals surface area contributed by atoms with Crippen LogP contribution in [0.4, 0.5) is 4.39 Å². The summed E-state index contributed by atoms with van der Waals surface area (Å²) in [5, 5.41) is 4.21. The van der Waals surface area contributed by atoms with Gasteiger partial charge in [-0.25, -0.2) is 22.8 Å². The molecule has 0 bridgehead atoms. The number of hydrogen-bond acceptors (Lipinski definition) is 7. The van der Waals surface area contributed by atoms with E-state index in [1.165, 1.54) is 50.0 Å². The molecular formula is C19H13BrFN3O4S. The van der Waals surface area contributed by atoms with E-state index in [1.807, 2.05) is 0 Å². The zero-order chi connectivity index (χ0) is 20.6. The molecule has 0 N–H and O–H groups in total. The molecule has 0 spiro atoms. The second kappa shape index (κ2) is 7.53. The summed E-state index contributed by atoms with van der Waals surface area (Å²) in [5.41, 5.74) is 1.57. The van der Waals surface area contributed by atoms with Crippen molar-refractivity contribution in [3.8, 4) is 17.0 Å². The molecule has 0 unspecified atom stereocenters. The van der Waals surface area contributed by atoms with Crippen LogP contribution in [0.1, 0.15) is 5.69 Å². The molecule has 0 aliphatic carbocycles. The minimum absolute atomic E-state index is 0.0894. The number of nitrogens with zero attached hydrogens (tertiary/aromatic N) is 3. The van der Waals surface area contributed by atoms with E-state index < -0.39 is 15.7 Å². The maximum absolute atomic E-state index is 14.1. The summed E-state index contributed by atoms with van der Waals surface area (Å²) in [5.74, 6) is -0.348. The summed E-state index contributed by atoms with van der Waals surface area (Å²) in [4.78, 5) is 8.53. The van der Waals surface area contributed by atoms with Gasteiger partial charge in [-0.2, -0.15) is 0 Å². The molecule has 2 aromatic carbocycles. The number of fused-ring (bicyclic) bond motifs is 1. The fraction of sp³-hybridized carbons (Fsp3) is 0.105. The number of benzene rings is 2. The summed E-state index contributed by atoms with van der Waals surface area (Å²) in [6.45, 7) is 0. The minimum atomic E-state index is -3.65. The lowest BCUT2D eigenvalue weighted by Crippen LogP contribution is -2.05. The van der Waals surface area contributed by atoms with Gasteiger partial charge in [0.25, 0.3) is 0 Å². The van der Waals surface area contributed by atoms with E-state index in [9.17, 15) is 12.8 Å². The van der Waals surface area contributed by atoms with Crippen molar-refractivity contribution in [1.82, 2.24) is 15.1 Å². The Labute approximate surface area is 173 Å². The van der Waals surface area contributed by atoms with Crippen LogP contribution in [-0.4, -0.2) is 30.7 Å². The van der Waals surface area contributed by atoms with Crippen molar-refractivity contribution in [3.63, 3.8) is 0 Å². The van der Waals surface area contributed by atoms with Gasteiger partial charge in [0, 0.05) is 17.0 Å². The second-order valence-corrected chi connectivity index (χ2v) is 8.96. The minimum Gasteiger partial charge on any atom is -0.496 e. The number of aromatic nitrogens is 3. The van der Waals surface area contributed by atoms with Crippen molar-refractivity contribution in [2.24, 2.45) is 0 Å². The SMILES string of the molecule is COc1cc(Br)c(F)cc1-c1ncnc2cc(S(=O)(=O)Cc3ccon3)ccc12. The van der Waals surface area contributed by atoms with Gasteiger partial charge in [-0.05, 0) is 46.3 Å². The first kappa shape index (κ1) is 19.5. The Morgan fingerprint density at radius 2 is 2.00 bits per heavy atom. The highest BCUT2D eigenvalue weighted by atomic mass is 79.9. The zero-order valence-corrected chi connectivity index (χ0v) is 17.4. The summed E-state index contributed by atoms with van der Waals surface area (Å²) in [7, 11) is -2.18. The summed E-state index contributed by atoms with van der Waals surface area (Å²) in [6, 6.07) is 8.83. The first-order valence-electron chi connectivity index (χ1n) is 8.29. The van der Waals surface area contributed by atoms with Gasteiger partial charge in [-0.15, -0.1) is 0 Å². The molecule has 2 aromatic heterocycles. The zero-order valence-electron chi connectivity index (χ0n) is 15.0. The van der Waals surface area contributed by atoms with Gasteiger partial charge in [0.2, 0.25) is 0 Å². The van der Waals surface area contributed by atoms with Gasteiger partial charge in [-0.3, -0.25) is 0 Å². The van der Waals surface area contributed by atoms with Crippen LogP contribution in [0.25, 0.3) is 22.2 Å². The third kappa shape index (κ3) is 3.73. The largest absolute Gasteiger partial charge is 0.496 e. The molecule has 10 heteroatoms. The van der Waals surface area contributed by atoms with E-state index in [0.717, 1.165) is 0 Å². The van der Waals surface area contributed by atoms with Crippen molar-refractivity contribution in [1.29, 1.82) is 0 Å². The van der Waals surface area contributed by atoms with Crippen molar-refractivity contribution in [2.45, 2.75) is 10.6 Å². The molecule has 0 aliphatic heterocycles. The molecule has 0 radical (unpaired) electrons. The Bertz CT molecular complexity index is 1310. The Balaban J connectivity index is 1.83. The van der Waals surface area contributed by atoms with Crippen LogP contribution in [0.15, 0.2) is 62.9 Å². The maximum Gasteiger partial charge on any atom is 0.184 e. The quantitative estimate of drug-likeness (QED) is 0.425. The average Bonchev–Trinajstić information content (AvgIpc) is 3.21. The van der Waals surface area contributed by atoms with E-state index in [1.54, 1.807) is 6.07 Å². The molecule has 0 aliphatic rings. The normalized spacial score (nSPS) is 11.7. The number of halogens is 2. The van der Waals surface area contributed by atoms with Crippen LogP contribution in [0.5, 0.6) is 5.75 Å². The highest BCUT2D eigenvalue weighted by molar-refractivity contribution is 9.10. The van der Waals surface area contributed by atoms with Crippen LogP contribution in [0, 0.1) is 5.82 Å². The van der Waals surface area contributed by atoms with Crippen LogP contribution in [0.2, 0.25) is 0 Å². The molecule has 0 fully saturated rings. The third-order valence-corrected chi connectivity index (χ3v) is 6.55. The number of hydrogen-bond donors (Lipinski definition) is 0. The Morgan fingerprint density at radius 1 is 1.17 bits per heavy atom. The monoisotopic (exact) mass is 477 g/mol. The van der Waals surface area contributed by atoms with E-state index >= 15 is 0 Å². The lowest BCUT2D eigenvalue weighted by molar-refractivity contribution is 0.413. The van der Waals surface area contributed by atoms with Crippen LogP contribution < -0.4 is 4.74 Å². The van der Waals surface area contributed by atoms with Gasteiger partial charge >= 0.3 is 0 Å². The van der Waals surface area contributed by atoms with Crippen molar-refractivity contribution < 1.29 is 22.1 Å². The molecule has 4 rings (SSSR count). The first-order chi connectivity index (χ1) is 13.9. The van der Waals surface area contributed by atoms with Gasteiger partial charge in [0.15, 0.2) is 9.84 Å². The van der Waals surface area contributed by atoms with Crippen LogP contribution in [-0.2, 0) is 15.6 Å².